The standard InChI is InChI=1S/C31H30F2N4O5.C17H17F2N3O4/c32-31(33)17-36(13-18-1-5-24-19(11-18)2-6-25(34-24)20-9-10-41-16-20)15-27(31)42-22-3-4-23-21(12-22)14-37(30(23)40)26-7-8-28(38)35-29(26)39;18-17(19)8-20-6-13(17)26-10-1-2-11-9(5-10)7-22(16(11)25)12-3-4-14(23)21-15(12)24/h1-6,11-12,20,26-27H,7-10,13-17H2,(H,35,38,39);1-2,5,12-13,20H,3-4,6-8H2,(H,21,23,24)/t20-,26?,27+;12?,13-/m01/s1. The van der Waals surface area contributed by atoms with E-state index in [9.17, 15) is 37.5 Å². The Hall–Kier alpha value is -6.51. The lowest BCUT2D eigenvalue weighted by molar-refractivity contribution is -0.138. The normalized spacial score (nSPS) is 26.4. The van der Waals surface area contributed by atoms with Gasteiger partial charge in [-0.25, -0.2) is 17.6 Å². The molecule has 2 unspecified atom stereocenters. The van der Waals surface area contributed by atoms with Gasteiger partial charge in [0, 0.05) is 80.3 Å². The van der Waals surface area contributed by atoms with Crippen LogP contribution in [0.25, 0.3) is 10.9 Å². The van der Waals surface area contributed by atoms with Crippen LogP contribution >= 0.6 is 0 Å². The van der Waals surface area contributed by atoms with Crippen LogP contribution in [-0.4, -0.2) is 131 Å². The third-order valence-corrected chi connectivity index (χ3v) is 13.6. The predicted octanol–water partition coefficient (Wildman–Crippen LogP) is 3.83. The second-order valence-electron chi connectivity index (χ2n) is 18.3. The van der Waals surface area contributed by atoms with Crippen LogP contribution in [0.3, 0.4) is 0 Å². The summed E-state index contributed by atoms with van der Waals surface area (Å²) in [5.41, 5.74) is 4.86. The molecule has 7 aliphatic heterocycles. The first-order valence-corrected chi connectivity index (χ1v) is 22.6. The molecule has 5 atom stereocenters. The second-order valence-corrected chi connectivity index (χ2v) is 18.3. The van der Waals surface area contributed by atoms with Crippen molar-refractivity contribution in [3.63, 3.8) is 0 Å². The molecule has 356 valence electrons. The number of nitrogens with zero attached hydrogens (tertiary/aromatic N) is 4. The van der Waals surface area contributed by atoms with Crippen LogP contribution in [0.5, 0.6) is 11.5 Å². The van der Waals surface area contributed by atoms with E-state index in [0.717, 1.165) is 35.2 Å². The topological polar surface area (TPSA) is 189 Å². The lowest BCUT2D eigenvalue weighted by Gasteiger charge is -2.29. The molecule has 8 heterocycles. The van der Waals surface area contributed by atoms with E-state index in [-0.39, 0.29) is 87.0 Å². The van der Waals surface area contributed by atoms with Gasteiger partial charge < -0.3 is 29.3 Å². The molecule has 3 aromatic carbocycles. The molecule has 5 fully saturated rings. The Labute approximate surface area is 386 Å². The smallest absolute Gasteiger partial charge is 0.297 e. The summed E-state index contributed by atoms with van der Waals surface area (Å²) >= 11 is 0. The minimum atomic E-state index is -3.07. The zero-order chi connectivity index (χ0) is 47.5. The lowest BCUT2D eigenvalue weighted by atomic mass is 10.0. The third kappa shape index (κ3) is 8.99. The number of piperidine rings is 2. The van der Waals surface area contributed by atoms with Gasteiger partial charge in [0.2, 0.25) is 23.6 Å². The van der Waals surface area contributed by atoms with E-state index in [1.54, 1.807) is 23.1 Å². The van der Waals surface area contributed by atoms with Crippen molar-refractivity contribution in [1.29, 1.82) is 0 Å². The highest BCUT2D eigenvalue weighted by molar-refractivity contribution is 6.06. The number of rotatable bonds is 9. The van der Waals surface area contributed by atoms with Gasteiger partial charge in [-0.05, 0) is 90.6 Å². The van der Waals surface area contributed by atoms with E-state index in [0.29, 0.717) is 41.3 Å². The van der Waals surface area contributed by atoms with Crippen molar-refractivity contribution in [3.8, 4) is 11.5 Å². The van der Waals surface area contributed by atoms with E-state index >= 15 is 8.78 Å². The number of carbonyl (C=O) groups excluding carboxylic acids is 6. The van der Waals surface area contributed by atoms with Crippen LogP contribution in [0.15, 0.2) is 66.7 Å². The number of nitrogens with one attached hydrogen (secondary N) is 3. The Morgan fingerprint density at radius 2 is 1.32 bits per heavy atom. The molecule has 11 rings (SSSR count). The average molecular weight is 942 g/mol. The summed E-state index contributed by atoms with van der Waals surface area (Å²) in [5.74, 6) is -7.52. The summed E-state index contributed by atoms with van der Waals surface area (Å²) in [6.45, 7) is 1.36. The first-order chi connectivity index (χ1) is 32.6. The molecule has 6 amide bonds. The third-order valence-electron chi connectivity index (χ3n) is 13.6. The fourth-order valence-electron chi connectivity index (χ4n) is 9.96. The average Bonchev–Trinajstić information content (AvgIpc) is 4.13. The molecule has 0 bridgehead atoms. The number of fused-ring (bicyclic) bond motifs is 3. The number of benzene rings is 3. The molecule has 5 saturated heterocycles. The quantitative estimate of drug-likeness (QED) is 0.163. The summed E-state index contributed by atoms with van der Waals surface area (Å²) < 4.78 is 74.2. The molecule has 20 heteroatoms. The molecule has 0 radical (unpaired) electrons. The van der Waals surface area contributed by atoms with Crippen molar-refractivity contribution in [2.24, 2.45) is 0 Å². The minimum Gasteiger partial charge on any atom is -0.483 e. The van der Waals surface area contributed by atoms with Crippen LogP contribution in [0.2, 0.25) is 0 Å². The summed E-state index contributed by atoms with van der Waals surface area (Å²) in [6.07, 6.45) is -0.787. The monoisotopic (exact) mass is 941 g/mol. The SMILES string of the molecule is O=C1CCC(N2Cc3cc(O[C@@H]4CN(Cc5ccc6nc([C@H]7CCOC7)ccc6c5)CC4(F)F)ccc3C2=O)C(=O)N1.O=C1CCC(N2Cc3cc(O[C@@H]4CNCC4(F)F)ccc3C2=O)C(=O)N1. The molecular weight excluding hydrogens is 895 g/mol. The summed E-state index contributed by atoms with van der Waals surface area (Å²) in [6, 6.07) is 17.7. The van der Waals surface area contributed by atoms with Gasteiger partial charge in [0.1, 0.15) is 23.6 Å². The highest BCUT2D eigenvalue weighted by atomic mass is 19.3. The van der Waals surface area contributed by atoms with Gasteiger partial charge in [-0.3, -0.25) is 49.3 Å². The Morgan fingerprint density at radius 3 is 1.88 bits per heavy atom. The van der Waals surface area contributed by atoms with Gasteiger partial charge >= 0.3 is 0 Å². The molecule has 4 aromatic rings. The number of alkyl halides is 4. The maximum Gasteiger partial charge on any atom is 0.297 e. The fourth-order valence-corrected chi connectivity index (χ4v) is 9.96. The zero-order valence-electron chi connectivity index (χ0n) is 36.6. The molecule has 16 nitrogen and oxygen atoms in total. The van der Waals surface area contributed by atoms with Crippen molar-refractivity contribution < 1.29 is 60.5 Å². The zero-order valence-corrected chi connectivity index (χ0v) is 36.6. The number of carbonyl (C=O) groups is 6. The van der Waals surface area contributed by atoms with Gasteiger partial charge in [-0.15, -0.1) is 0 Å². The maximum absolute atomic E-state index is 15.1. The van der Waals surface area contributed by atoms with Gasteiger partial charge in [0.25, 0.3) is 23.7 Å². The number of aromatic nitrogens is 1. The van der Waals surface area contributed by atoms with Crippen LogP contribution in [0, 0.1) is 0 Å². The highest BCUT2D eigenvalue weighted by Gasteiger charge is 2.50. The Morgan fingerprint density at radius 1 is 0.706 bits per heavy atom. The maximum atomic E-state index is 15.1. The first kappa shape index (κ1) is 45.3. The number of hydrogen-bond donors (Lipinski definition) is 3. The number of amides is 6. The van der Waals surface area contributed by atoms with E-state index < -0.39 is 61.0 Å². The molecule has 1 aromatic heterocycles. The van der Waals surface area contributed by atoms with Gasteiger partial charge in [0.05, 0.1) is 25.2 Å². The molecule has 68 heavy (non-hydrogen) atoms. The van der Waals surface area contributed by atoms with E-state index in [2.05, 4.69) is 16.0 Å². The Balaban J connectivity index is 0.000000178. The summed E-state index contributed by atoms with van der Waals surface area (Å²) in [7, 11) is 0. The molecule has 3 N–H and O–H groups in total. The van der Waals surface area contributed by atoms with Crippen molar-refractivity contribution in [2.75, 3.05) is 39.4 Å². The fraction of sp³-hybridized carbons (Fsp3) is 0.438. The largest absolute Gasteiger partial charge is 0.483 e. The second kappa shape index (κ2) is 17.9. The van der Waals surface area contributed by atoms with E-state index in [1.807, 2.05) is 30.3 Å². The Kier molecular flexibility index (Phi) is 11.9. The van der Waals surface area contributed by atoms with Crippen molar-refractivity contribution in [1.82, 2.24) is 35.6 Å². The minimum absolute atomic E-state index is 0.0440. The first-order valence-electron chi connectivity index (χ1n) is 22.6. The molecule has 0 spiro atoms. The van der Waals surface area contributed by atoms with E-state index in [1.165, 1.54) is 28.0 Å². The summed E-state index contributed by atoms with van der Waals surface area (Å²) in [4.78, 5) is 81.9. The number of hydrogen-bond acceptors (Lipinski definition) is 12. The van der Waals surface area contributed by atoms with Crippen LogP contribution in [-0.2, 0) is 43.5 Å². The van der Waals surface area contributed by atoms with Crippen LogP contribution < -0.4 is 25.4 Å². The predicted molar refractivity (Wildman–Crippen MR) is 232 cm³/mol. The number of ether oxygens (including phenoxy) is 3. The Bertz CT molecular complexity index is 2730. The number of imide groups is 2. The summed E-state index contributed by atoms with van der Waals surface area (Å²) in [5, 5.41) is 8.07. The van der Waals surface area contributed by atoms with Crippen LogP contribution in [0.4, 0.5) is 17.6 Å². The highest BCUT2D eigenvalue weighted by Crippen LogP contribution is 2.37. The van der Waals surface area contributed by atoms with Crippen LogP contribution in [0.1, 0.15) is 81.1 Å². The number of likely N-dealkylation sites (tertiary alicyclic amines) is 1. The molecule has 0 aliphatic carbocycles. The lowest BCUT2D eigenvalue weighted by Crippen LogP contribution is -2.52. The van der Waals surface area contributed by atoms with Crippen molar-refractivity contribution in [2.45, 2.75) is 93.8 Å². The molecule has 0 saturated carbocycles. The number of pyridine rings is 1. The van der Waals surface area contributed by atoms with Gasteiger partial charge in [0.15, 0.2) is 12.2 Å². The van der Waals surface area contributed by atoms with Crippen molar-refractivity contribution >= 4 is 46.3 Å². The van der Waals surface area contributed by atoms with Gasteiger partial charge in [-0.1, -0.05) is 12.1 Å². The van der Waals surface area contributed by atoms with E-state index in [4.69, 9.17) is 19.2 Å². The number of halogens is 4. The molecular formula is C48H47F4N7O9. The molecule has 7 aliphatic rings. The van der Waals surface area contributed by atoms with Gasteiger partial charge in [-0.2, -0.15) is 0 Å². The van der Waals surface area contributed by atoms with Crippen molar-refractivity contribution in [3.05, 3.63) is 100 Å².